The van der Waals surface area contributed by atoms with E-state index >= 15 is 0 Å². The Morgan fingerprint density at radius 2 is 2.10 bits per heavy atom. The lowest BCUT2D eigenvalue weighted by atomic mass is 10.2. The van der Waals surface area contributed by atoms with Gasteiger partial charge in [0.25, 0.3) is 0 Å². The lowest BCUT2D eigenvalue weighted by Crippen LogP contribution is -2.00. The minimum atomic E-state index is -1.21. The van der Waals surface area contributed by atoms with Crippen molar-refractivity contribution in [1.29, 1.82) is 0 Å². The van der Waals surface area contributed by atoms with Crippen molar-refractivity contribution in [2.75, 3.05) is 0 Å². The van der Waals surface area contributed by atoms with Crippen LogP contribution in [-0.4, -0.2) is 21.0 Å². The summed E-state index contributed by atoms with van der Waals surface area (Å²) in [6.45, 7) is 0. The third-order valence-corrected chi connectivity index (χ3v) is 2.54. The van der Waals surface area contributed by atoms with Gasteiger partial charge < -0.3 is 9.84 Å². The van der Waals surface area contributed by atoms with Gasteiger partial charge in [-0.25, -0.2) is 9.78 Å². The molecule has 2 aromatic rings. The molecule has 0 amide bonds. The van der Waals surface area contributed by atoms with Gasteiger partial charge in [0, 0.05) is 24.4 Å². The topological polar surface area (TPSA) is 103 Å². The molecule has 102 valence electrons. The number of hydrogen-bond donors (Lipinski definition) is 1. The van der Waals surface area contributed by atoms with Gasteiger partial charge in [0.15, 0.2) is 0 Å². The van der Waals surface area contributed by atoms with Gasteiger partial charge in [-0.1, -0.05) is 11.6 Å². The number of aromatic carboxylic acids is 1. The lowest BCUT2D eigenvalue weighted by Gasteiger charge is -2.06. The van der Waals surface area contributed by atoms with Crippen LogP contribution in [0, 0.1) is 10.1 Å². The molecule has 0 saturated heterocycles. The third kappa shape index (κ3) is 3.01. The van der Waals surface area contributed by atoms with Crippen molar-refractivity contribution >= 4 is 23.3 Å². The van der Waals surface area contributed by atoms with Crippen LogP contribution >= 0.6 is 11.6 Å². The van der Waals surface area contributed by atoms with Crippen LogP contribution in [0.1, 0.15) is 10.4 Å². The first-order chi connectivity index (χ1) is 9.47. The first-order valence-corrected chi connectivity index (χ1v) is 5.66. The molecule has 0 fully saturated rings. The molecule has 8 heteroatoms. The number of aromatic nitrogens is 1. The molecule has 1 aromatic heterocycles. The molecular weight excluding hydrogens is 288 g/mol. The van der Waals surface area contributed by atoms with Crippen LogP contribution in [-0.2, 0) is 0 Å². The molecule has 1 N–H and O–H groups in total. The average Bonchev–Trinajstić information content (AvgIpc) is 2.41. The summed E-state index contributed by atoms with van der Waals surface area (Å²) in [5, 5.41) is 20.1. The Hall–Kier alpha value is -2.67. The van der Waals surface area contributed by atoms with Gasteiger partial charge in [-0.15, -0.1) is 0 Å². The van der Waals surface area contributed by atoms with Crippen molar-refractivity contribution in [2.45, 2.75) is 0 Å². The van der Waals surface area contributed by atoms with Crippen molar-refractivity contribution in [3.63, 3.8) is 0 Å². The predicted molar refractivity (Wildman–Crippen MR) is 69.4 cm³/mol. The van der Waals surface area contributed by atoms with E-state index in [4.69, 9.17) is 21.4 Å². The lowest BCUT2D eigenvalue weighted by molar-refractivity contribution is -0.385. The number of ether oxygens (including phenoxy) is 1. The number of halogens is 1. The van der Waals surface area contributed by atoms with Crippen molar-refractivity contribution in [3.05, 3.63) is 57.2 Å². The molecule has 0 radical (unpaired) electrons. The van der Waals surface area contributed by atoms with E-state index in [-0.39, 0.29) is 22.9 Å². The first kappa shape index (κ1) is 13.8. The van der Waals surface area contributed by atoms with Crippen LogP contribution in [0.25, 0.3) is 0 Å². The van der Waals surface area contributed by atoms with Gasteiger partial charge >= 0.3 is 11.7 Å². The molecule has 20 heavy (non-hydrogen) atoms. The molecule has 1 aromatic carbocycles. The summed E-state index contributed by atoms with van der Waals surface area (Å²) >= 11 is 5.66. The fourth-order valence-electron chi connectivity index (χ4n) is 1.42. The van der Waals surface area contributed by atoms with Crippen LogP contribution < -0.4 is 4.74 Å². The summed E-state index contributed by atoms with van der Waals surface area (Å²) < 4.78 is 5.24. The number of nitrogens with zero attached hydrogens (tertiary/aromatic N) is 2. The summed E-state index contributed by atoms with van der Waals surface area (Å²) in [5.74, 6) is -1.35. The van der Waals surface area contributed by atoms with Gasteiger partial charge in [0.2, 0.25) is 11.6 Å². The second-order valence-corrected chi connectivity index (χ2v) is 4.10. The van der Waals surface area contributed by atoms with Crippen LogP contribution in [0.2, 0.25) is 5.02 Å². The van der Waals surface area contributed by atoms with E-state index < -0.39 is 10.9 Å². The molecule has 0 atom stereocenters. The number of carboxylic acids is 1. The zero-order chi connectivity index (χ0) is 14.7. The second kappa shape index (κ2) is 5.54. The van der Waals surface area contributed by atoms with Crippen LogP contribution in [0.15, 0.2) is 36.5 Å². The first-order valence-electron chi connectivity index (χ1n) is 5.28. The van der Waals surface area contributed by atoms with Gasteiger partial charge in [-0.2, -0.15) is 0 Å². The van der Waals surface area contributed by atoms with Crippen molar-refractivity contribution in [1.82, 2.24) is 4.98 Å². The zero-order valence-electron chi connectivity index (χ0n) is 9.82. The number of nitro groups is 1. The summed E-state index contributed by atoms with van der Waals surface area (Å²) in [6.07, 6.45) is 1.31. The molecule has 0 aliphatic heterocycles. The maximum absolute atomic E-state index is 10.9. The van der Waals surface area contributed by atoms with E-state index in [1.54, 1.807) is 0 Å². The highest BCUT2D eigenvalue weighted by Gasteiger charge is 2.19. The fourth-order valence-corrected chi connectivity index (χ4v) is 1.53. The molecule has 7 nitrogen and oxygen atoms in total. The number of benzene rings is 1. The van der Waals surface area contributed by atoms with Gasteiger partial charge in [-0.3, -0.25) is 10.1 Å². The quantitative estimate of drug-likeness (QED) is 0.686. The Balaban J connectivity index is 2.41. The fraction of sp³-hybridized carbons (Fsp3) is 0. The summed E-state index contributed by atoms with van der Waals surface area (Å²) in [6, 6.07) is 6.17. The van der Waals surface area contributed by atoms with Gasteiger partial charge in [-0.05, 0) is 12.1 Å². The van der Waals surface area contributed by atoms with Crippen LogP contribution in [0.5, 0.6) is 11.6 Å². The molecule has 0 unspecified atom stereocenters. The van der Waals surface area contributed by atoms with E-state index in [1.807, 2.05) is 0 Å². The number of rotatable bonds is 4. The Bertz CT molecular complexity index is 672. The molecule has 0 saturated carbocycles. The highest BCUT2D eigenvalue weighted by Crippen LogP contribution is 2.31. The van der Waals surface area contributed by atoms with E-state index in [0.29, 0.717) is 5.02 Å². The Morgan fingerprint density at radius 1 is 1.35 bits per heavy atom. The van der Waals surface area contributed by atoms with E-state index in [1.165, 1.54) is 18.3 Å². The Labute approximate surface area is 117 Å². The summed E-state index contributed by atoms with van der Waals surface area (Å²) in [5.41, 5.74) is -0.480. The maximum Gasteiger partial charge on any atom is 0.335 e. The third-order valence-electron chi connectivity index (χ3n) is 2.32. The molecule has 0 bridgehead atoms. The number of pyridine rings is 1. The van der Waals surface area contributed by atoms with E-state index in [0.717, 1.165) is 18.2 Å². The van der Waals surface area contributed by atoms with Gasteiger partial charge in [0.05, 0.1) is 15.5 Å². The highest BCUT2D eigenvalue weighted by molar-refractivity contribution is 6.30. The largest absolute Gasteiger partial charge is 0.478 e. The molecule has 0 aliphatic rings. The monoisotopic (exact) mass is 294 g/mol. The minimum absolute atomic E-state index is 0.0695. The van der Waals surface area contributed by atoms with E-state index in [9.17, 15) is 14.9 Å². The maximum atomic E-state index is 10.9. The molecule has 2 rings (SSSR count). The summed E-state index contributed by atoms with van der Waals surface area (Å²) in [4.78, 5) is 24.9. The molecule has 0 spiro atoms. The predicted octanol–water partition coefficient (Wildman–Crippen LogP) is 3.13. The number of nitro benzene ring substituents is 1. The van der Waals surface area contributed by atoms with Crippen molar-refractivity contribution in [2.24, 2.45) is 0 Å². The van der Waals surface area contributed by atoms with Crippen molar-refractivity contribution in [3.8, 4) is 11.6 Å². The smallest absolute Gasteiger partial charge is 0.335 e. The number of carbonyl (C=O) groups is 1. The standard InChI is InChI=1S/C12H7ClN2O5/c13-8-2-4-11(14-6-8)20-10-5-7(12(16)17)1-3-9(10)15(18)19/h1-6H,(H,16,17). The number of hydrogen-bond acceptors (Lipinski definition) is 5. The number of carboxylic acid groups (broad SMARTS) is 1. The average molecular weight is 295 g/mol. The zero-order valence-corrected chi connectivity index (χ0v) is 10.6. The molecule has 1 heterocycles. The Kier molecular flexibility index (Phi) is 3.81. The van der Waals surface area contributed by atoms with Crippen molar-refractivity contribution < 1.29 is 19.6 Å². The SMILES string of the molecule is O=C(O)c1ccc([N+](=O)[O-])c(Oc2ccc(Cl)cn2)c1. The second-order valence-electron chi connectivity index (χ2n) is 3.66. The minimum Gasteiger partial charge on any atom is -0.478 e. The van der Waals surface area contributed by atoms with E-state index in [2.05, 4.69) is 4.98 Å². The van der Waals surface area contributed by atoms with Crippen LogP contribution in [0.4, 0.5) is 5.69 Å². The summed E-state index contributed by atoms with van der Waals surface area (Å²) in [7, 11) is 0. The highest BCUT2D eigenvalue weighted by atomic mass is 35.5. The molecular formula is C12H7ClN2O5. The van der Waals surface area contributed by atoms with Crippen LogP contribution in [0.3, 0.4) is 0 Å². The molecule has 0 aliphatic carbocycles. The Morgan fingerprint density at radius 3 is 2.65 bits per heavy atom. The normalized spacial score (nSPS) is 10.1. The van der Waals surface area contributed by atoms with Gasteiger partial charge in [0.1, 0.15) is 0 Å².